The number of esters is 1. The van der Waals surface area contributed by atoms with E-state index >= 15 is 0 Å². The van der Waals surface area contributed by atoms with Crippen LogP contribution in [0.15, 0.2) is 24.3 Å². The van der Waals surface area contributed by atoms with Crippen molar-refractivity contribution < 1.29 is 19.1 Å². The number of nitrogens with one attached hydrogen (secondary N) is 2. The molecule has 0 bridgehead atoms. The van der Waals surface area contributed by atoms with E-state index in [2.05, 4.69) is 20.5 Å². The molecule has 31 heavy (non-hydrogen) atoms. The van der Waals surface area contributed by atoms with Crippen molar-refractivity contribution in [3.05, 3.63) is 40.4 Å². The number of amides is 2. The van der Waals surface area contributed by atoms with Crippen LogP contribution in [-0.2, 0) is 27.3 Å². The first-order valence-corrected chi connectivity index (χ1v) is 11.4. The number of anilines is 2. The number of thiazole rings is 1. The standard InChI is InChI=1S/C22H26N4O4S/c1-2-30-21(29)15-6-8-16(9-7-15)23-19(27)13-26-11-10-17-18(12-26)31-22(24-17)25-20(28)14-4-3-5-14/h6-9,14H,2-5,10-13H2,1H3,(H,23,27)(H,24,25,28). The zero-order chi connectivity index (χ0) is 21.8. The number of hydrogen-bond acceptors (Lipinski definition) is 7. The maximum absolute atomic E-state index is 12.5. The maximum Gasteiger partial charge on any atom is 0.338 e. The van der Waals surface area contributed by atoms with Crippen LogP contribution in [0.3, 0.4) is 0 Å². The molecule has 164 valence electrons. The van der Waals surface area contributed by atoms with Crippen LogP contribution in [-0.4, -0.2) is 47.4 Å². The Bertz CT molecular complexity index is 968. The van der Waals surface area contributed by atoms with Gasteiger partial charge in [-0.3, -0.25) is 14.5 Å². The van der Waals surface area contributed by atoms with Crippen molar-refractivity contribution in [1.82, 2.24) is 9.88 Å². The number of hydrogen-bond donors (Lipinski definition) is 2. The van der Waals surface area contributed by atoms with Crippen molar-refractivity contribution in [3.63, 3.8) is 0 Å². The first-order chi connectivity index (χ1) is 15.0. The van der Waals surface area contributed by atoms with Crippen LogP contribution < -0.4 is 10.6 Å². The number of aromatic nitrogens is 1. The Morgan fingerprint density at radius 3 is 2.65 bits per heavy atom. The van der Waals surface area contributed by atoms with Crippen LogP contribution in [0.25, 0.3) is 0 Å². The lowest BCUT2D eigenvalue weighted by molar-refractivity contribution is -0.122. The number of ether oxygens (including phenoxy) is 1. The molecule has 1 aromatic heterocycles. The maximum atomic E-state index is 12.5. The molecule has 4 rings (SSSR count). The largest absolute Gasteiger partial charge is 0.462 e. The molecular weight excluding hydrogens is 416 g/mol. The van der Waals surface area contributed by atoms with Crippen molar-refractivity contribution in [2.24, 2.45) is 5.92 Å². The molecule has 1 fully saturated rings. The van der Waals surface area contributed by atoms with Crippen molar-refractivity contribution in [2.75, 3.05) is 30.3 Å². The van der Waals surface area contributed by atoms with Crippen LogP contribution in [0.5, 0.6) is 0 Å². The van der Waals surface area contributed by atoms with Gasteiger partial charge in [0, 0.05) is 36.0 Å². The third-order valence-corrected chi connectivity index (χ3v) is 6.56. The molecule has 2 amide bonds. The second-order valence-electron chi connectivity index (χ2n) is 7.81. The Morgan fingerprint density at radius 2 is 1.97 bits per heavy atom. The van der Waals surface area contributed by atoms with E-state index in [1.165, 1.54) is 11.3 Å². The lowest BCUT2D eigenvalue weighted by atomic mass is 9.85. The second kappa shape index (κ2) is 9.57. The number of benzene rings is 1. The Labute approximate surface area is 185 Å². The quantitative estimate of drug-likeness (QED) is 0.639. The Morgan fingerprint density at radius 1 is 1.19 bits per heavy atom. The first-order valence-electron chi connectivity index (χ1n) is 10.6. The van der Waals surface area contributed by atoms with Gasteiger partial charge in [-0.2, -0.15) is 0 Å². The number of carbonyl (C=O) groups is 3. The topological polar surface area (TPSA) is 101 Å². The molecule has 0 saturated heterocycles. The molecule has 0 atom stereocenters. The monoisotopic (exact) mass is 442 g/mol. The van der Waals surface area contributed by atoms with Crippen molar-refractivity contribution in [3.8, 4) is 0 Å². The van der Waals surface area contributed by atoms with E-state index in [0.717, 1.165) is 42.8 Å². The van der Waals surface area contributed by atoms with Crippen molar-refractivity contribution >= 4 is 39.9 Å². The minimum absolute atomic E-state index is 0.0718. The van der Waals surface area contributed by atoms with E-state index in [9.17, 15) is 14.4 Å². The zero-order valence-electron chi connectivity index (χ0n) is 17.5. The van der Waals surface area contributed by atoms with Crippen LogP contribution in [0, 0.1) is 5.92 Å². The molecule has 1 aliphatic heterocycles. The molecule has 2 aromatic rings. The van der Waals surface area contributed by atoms with Crippen molar-refractivity contribution in [2.45, 2.75) is 39.2 Å². The van der Waals surface area contributed by atoms with E-state index in [-0.39, 0.29) is 30.2 Å². The molecule has 9 heteroatoms. The molecule has 1 aromatic carbocycles. The van der Waals surface area contributed by atoms with Gasteiger partial charge >= 0.3 is 5.97 Å². The zero-order valence-corrected chi connectivity index (χ0v) is 18.3. The number of rotatable bonds is 7. The fraction of sp³-hybridized carbons (Fsp3) is 0.455. The van der Waals surface area contributed by atoms with Gasteiger partial charge in [-0.25, -0.2) is 9.78 Å². The molecular formula is C22H26N4O4S. The summed E-state index contributed by atoms with van der Waals surface area (Å²) < 4.78 is 4.96. The Balaban J connectivity index is 1.28. The molecule has 0 unspecified atom stereocenters. The van der Waals surface area contributed by atoms with Crippen LogP contribution in [0.1, 0.15) is 47.1 Å². The average molecular weight is 443 g/mol. The van der Waals surface area contributed by atoms with Gasteiger partial charge in [0.2, 0.25) is 11.8 Å². The molecule has 1 saturated carbocycles. The third kappa shape index (κ3) is 5.29. The summed E-state index contributed by atoms with van der Waals surface area (Å²) in [5, 5.41) is 6.48. The van der Waals surface area contributed by atoms with Gasteiger partial charge in [0.15, 0.2) is 5.13 Å². The summed E-state index contributed by atoms with van der Waals surface area (Å²) in [4.78, 5) is 44.1. The van der Waals surface area contributed by atoms with Gasteiger partial charge in [-0.1, -0.05) is 6.42 Å². The second-order valence-corrected chi connectivity index (χ2v) is 8.90. The van der Waals surface area contributed by atoms with Gasteiger partial charge in [-0.15, -0.1) is 11.3 Å². The van der Waals surface area contributed by atoms with E-state index in [1.54, 1.807) is 31.2 Å². The lowest BCUT2D eigenvalue weighted by Crippen LogP contribution is -2.36. The smallest absolute Gasteiger partial charge is 0.338 e. The third-order valence-electron chi connectivity index (χ3n) is 5.56. The van der Waals surface area contributed by atoms with E-state index in [4.69, 9.17) is 4.74 Å². The summed E-state index contributed by atoms with van der Waals surface area (Å²) in [7, 11) is 0. The SMILES string of the molecule is CCOC(=O)c1ccc(NC(=O)CN2CCc3nc(NC(=O)C4CCC4)sc3C2)cc1. The first kappa shape index (κ1) is 21.5. The van der Waals surface area contributed by atoms with Gasteiger partial charge in [0.25, 0.3) is 0 Å². The van der Waals surface area contributed by atoms with Gasteiger partial charge < -0.3 is 15.4 Å². The lowest BCUT2D eigenvalue weighted by Gasteiger charge is -2.25. The molecule has 0 spiro atoms. The number of carbonyl (C=O) groups excluding carboxylic acids is 3. The predicted molar refractivity (Wildman–Crippen MR) is 118 cm³/mol. The van der Waals surface area contributed by atoms with Crippen LogP contribution in [0.4, 0.5) is 10.8 Å². The predicted octanol–water partition coefficient (Wildman–Crippen LogP) is 3.06. The van der Waals surface area contributed by atoms with Crippen LogP contribution in [0.2, 0.25) is 0 Å². The molecule has 0 radical (unpaired) electrons. The molecule has 2 N–H and O–H groups in total. The highest BCUT2D eigenvalue weighted by Gasteiger charge is 2.27. The van der Waals surface area contributed by atoms with Gasteiger partial charge in [-0.05, 0) is 44.0 Å². The highest BCUT2D eigenvalue weighted by atomic mass is 32.1. The fourth-order valence-electron chi connectivity index (χ4n) is 3.62. The molecule has 2 heterocycles. The molecule has 8 nitrogen and oxygen atoms in total. The van der Waals surface area contributed by atoms with Gasteiger partial charge in [0.05, 0.1) is 24.4 Å². The van der Waals surface area contributed by atoms with E-state index in [0.29, 0.717) is 29.5 Å². The average Bonchev–Trinajstić information content (AvgIpc) is 3.08. The normalized spacial score (nSPS) is 16.2. The number of nitrogens with zero attached hydrogens (tertiary/aromatic N) is 2. The minimum Gasteiger partial charge on any atom is -0.462 e. The Kier molecular flexibility index (Phi) is 6.62. The number of fused-ring (bicyclic) bond motifs is 1. The summed E-state index contributed by atoms with van der Waals surface area (Å²) in [5.74, 6) is -0.289. The summed E-state index contributed by atoms with van der Waals surface area (Å²) in [6.07, 6.45) is 3.81. The Hall–Kier alpha value is -2.78. The molecule has 2 aliphatic rings. The van der Waals surface area contributed by atoms with E-state index in [1.807, 2.05) is 0 Å². The summed E-state index contributed by atoms with van der Waals surface area (Å²) in [6, 6.07) is 6.66. The van der Waals surface area contributed by atoms with E-state index < -0.39 is 0 Å². The minimum atomic E-state index is -0.377. The summed E-state index contributed by atoms with van der Waals surface area (Å²) in [5.41, 5.74) is 2.10. The summed E-state index contributed by atoms with van der Waals surface area (Å²) in [6.45, 7) is 3.72. The van der Waals surface area contributed by atoms with Gasteiger partial charge in [0.1, 0.15) is 0 Å². The summed E-state index contributed by atoms with van der Waals surface area (Å²) >= 11 is 1.50. The van der Waals surface area contributed by atoms with Crippen LogP contribution >= 0.6 is 11.3 Å². The van der Waals surface area contributed by atoms with Crippen molar-refractivity contribution in [1.29, 1.82) is 0 Å². The molecule has 1 aliphatic carbocycles. The highest BCUT2D eigenvalue weighted by molar-refractivity contribution is 7.15. The highest BCUT2D eigenvalue weighted by Crippen LogP contribution is 2.31. The fourth-order valence-corrected chi connectivity index (χ4v) is 4.68.